The molecule has 5 heteroatoms. The molecule has 0 aliphatic carbocycles. The molecule has 0 aromatic carbocycles. The lowest BCUT2D eigenvalue weighted by Crippen LogP contribution is -2.33. The van der Waals surface area contributed by atoms with Gasteiger partial charge < -0.3 is 19.3 Å². The van der Waals surface area contributed by atoms with Gasteiger partial charge in [0.1, 0.15) is 0 Å². The Morgan fingerprint density at radius 3 is 1.71 bits per heavy atom. The second kappa shape index (κ2) is 25.4. The van der Waals surface area contributed by atoms with Crippen molar-refractivity contribution in [1.82, 2.24) is 9.80 Å². The molecule has 0 heterocycles. The number of unbranched alkanes of at least 4 members (excludes halogenated alkanes) is 11. The highest BCUT2D eigenvalue weighted by molar-refractivity contribution is 5.72. The van der Waals surface area contributed by atoms with Crippen LogP contribution in [0.2, 0.25) is 0 Å². The molecule has 0 aromatic rings. The molecule has 0 fully saturated rings. The highest BCUT2D eigenvalue weighted by Gasteiger charge is 2.16. The lowest BCUT2D eigenvalue weighted by molar-refractivity contribution is -0.149. The summed E-state index contributed by atoms with van der Waals surface area (Å²) < 4.78 is 10.7. The van der Waals surface area contributed by atoms with Crippen LogP contribution >= 0.6 is 0 Å². The van der Waals surface area contributed by atoms with Gasteiger partial charge in [0.25, 0.3) is 0 Å². The second-order valence-electron chi connectivity index (χ2n) is 10.3. The van der Waals surface area contributed by atoms with Gasteiger partial charge in [0, 0.05) is 26.8 Å². The van der Waals surface area contributed by atoms with Gasteiger partial charge in [-0.05, 0) is 65.7 Å². The van der Waals surface area contributed by atoms with Crippen LogP contribution in [0.15, 0.2) is 0 Å². The van der Waals surface area contributed by atoms with Gasteiger partial charge >= 0.3 is 5.97 Å². The highest BCUT2D eigenvalue weighted by Crippen LogP contribution is 2.15. The average Bonchev–Trinajstić information content (AvgIpc) is 2.82. The Balaban J connectivity index is 3.79. The summed E-state index contributed by atoms with van der Waals surface area (Å²) in [6.07, 6.45) is 19.4. The van der Waals surface area contributed by atoms with E-state index in [1.54, 1.807) is 7.11 Å². The monoisotopic (exact) mass is 484 g/mol. The maximum absolute atomic E-state index is 12.1. The first-order valence-electron chi connectivity index (χ1n) is 14.6. The number of hydrogen-bond acceptors (Lipinski definition) is 5. The number of ether oxygens (including phenoxy) is 2. The van der Waals surface area contributed by atoms with Crippen LogP contribution in [0.25, 0.3) is 0 Å². The summed E-state index contributed by atoms with van der Waals surface area (Å²) in [5, 5.41) is 0. The normalized spacial score (nSPS) is 12.6. The maximum atomic E-state index is 12.1. The van der Waals surface area contributed by atoms with Crippen LogP contribution in [-0.2, 0) is 14.3 Å². The summed E-state index contributed by atoms with van der Waals surface area (Å²) in [5.74, 6) is 0.135. The molecule has 0 saturated heterocycles. The molecule has 0 bridgehead atoms. The third-order valence-corrected chi connectivity index (χ3v) is 6.78. The number of esters is 1. The van der Waals surface area contributed by atoms with Crippen LogP contribution in [0, 0.1) is 5.92 Å². The zero-order valence-electron chi connectivity index (χ0n) is 23.8. The Labute approximate surface area is 213 Å². The molecular weight excluding hydrogens is 424 g/mol. The van der Waals surface area contributed by atoms with Gasteiger partial charge in [0.15, 0.2) is 0 Å². The van der Waals surface area contributed by atoms with Crippen LogP contribution < -0.4 is 0 Å². The minimum Gasteiger partial charge on any atom is -0.465 e. The van der Waals surface area contributed by atoms with Crippen molar-refractivity contribution in [1.29, 1.82) is 0 Å². The molecule has 0 aliphatic rings. The first kappa shape index (κ1) is 33.4. The van der Waals surface area contributed by atoms with Crippen LogP contribution in [0.5, 0.6) is 0 Å². The standard InChI is InChI=1S/C29H60N2O3/c1-6-8-21-28(7-2)29(32)34-27-20-16-12-10-14-18-23-31(25-24-30(3)4)22-17-13-9-11-15-19-26-33-5/h28H,6-27H2,1-5H3. The van der Waals surface area contributed by atoms with Crippen molar-refractivity contribution in [2.24, 2.45) is 5.92 Å². The van der Waals surface area contributed by atoms with Crippen LogP contribution in [0.3, 0.4) is 0 Å². The van der Waals surface area contributed by atoms with Crippen molar-refractivity contribution in [2.75, 3.05) is 60.6 Å². The first-order valence-corrected chi connectivity index (χ1v) is 14.6. The molecule has 1 atom stereocenters. The number of carbonyl (C=O) groups excluding carboxylic acids is 1. The van der Waals surface area contributed by atoms with E-state index in [9.17, 15) is 4.79 Å². The minimum absolute atomic E-state index is 0.0276. The Hall–Kier alpha value is -0.650. The second-order valence-corrected chi connectivity index (χ2v) is 10.3. The summed E-state index contributed by atoms with van der Waals surface area (Å²) in [5.41, 5.74) is 0. The van der Waals surface area contributed by atoms with Crippen LogP contribution in [0.1, 0.15) is 117 Å². The quantitative estimate of drug-likeness (QED) is 0.0982. The number of methoxy groups -OCH3 is 1. The van der Waals surface area contributed by atoms with E-state index < -0.39 is 0 Å². The van der Waals surface area contributed by atoms with Crippen LogP contribution in [-0.4, -0.2) is 76.4 Å². The van der Waals surface area contributed by atoms with Gasteiger partial charge in [-0.25, -0.2) is 0 Å². The van der Waals surface area contributed by atoms with Crippen molar-refractivity contribution < 1.29 is 14.3 Å². The first-order chi connectivity index (χ1) is 16.5. The van der Waals surface area contributed by atoms with E-state index >= 15 is 0 Å². The molecule has 0 aromatic heterocycles. The van der Waals surface area contributed by atoms with Crippen molar-refractivity contribution >= 4 is 5.97 Å². The van der Waals surface area contributed by atoms with E-state index in [-0.39, 0.29) is 11.9 Å². The predicted octanol–water partition coefficient (Wildman–Crippen LogP) is 6.94. The Morgan fingerprint density at radius 1 is 0.676 bits per heavy atom. The molecule has 0 aliphatic heterocycles. The molecule has 0 rings (SSSR count). The van der Waals surface area contributed by atoms with Gasteiger partial charge in [0.05, 0.1) is 12.5 Å². The zero-order chi connectivity index (χ0) is 25.3. The van der Waals surface area contributed by atoms with Gasteiger partial charge in [-0.15, -0.1) is 0 Å². The molecule has 0 radical (unpaired) electrons. The fraction of sp³-hybridized carbons (Fsp3) is 0.966. The lowest BCUT2D eigenvalue weighted by Gasteiger charge is -2.24. The molecule has 204 valence electrons. The third-order valence-electron chi connectivity index (χ3n) is 6.78. The van der Waals surface area contributed by atoms with Crippen LogP contribution in [0.4, 0.5) is 0 Å². The van der Waals surface area contributed by atoms with E-state index in [2.05, 4.69) is 37.7 Å². The van der Waals surface area contributed by atoms with Crippen molar-refractivity contribution in [3.8, 4) is 0 Å². The maximum Gasteiger partial charge on any atom is 0.308 e. The molecule has 5 nitrogen and oxygen atoms in total. The fourth-order valence-corrected chi connectivity index (χ4v) is 4.34. The highest BCUT2D eigenvalue weighted by atomic mass is 16.5. The van der Waals surface area contributed by atoms with Crippen molar-refractivity contribution in [3.05, 3.63) is 0 Å². The van der Waals surface area contributed by atoms with Crippen molar-refractivity contribution in [2.45, 2.75) is 117 Å². The molecule has 0 N–H and O–H groups in total. The molecule has 0 amide bonds. The molecule has 0 saturated carbocycles. The number of rotatable bonds is 26. The Bertz CT molecular complexity index is 432. The average molecular weight is 485 g/mol. The van der Waals surface area contributed by atoms with E-state index in [1.807, 2.05) is 0 Å². The number of carbonyl (C=O) groups is 1. The van der Waals surface area contributed by atoms with E-state index in [4.69, 9.17) is 9.47 Å². The van der Waals surface area contributed by atoms with E-state index in [0.717, 1.165) is 45.3 Å². The van der Waals surface area contributed by atoms with E-state index in [0.29, 0.717) is 6.61 Å². The Morgan fingerprint density at radius 2 is 1.21 bits per heavy atom. The Kier molecular flexibility index (Phi) is 25.0. The number of likely N-dealkylation sites (N-methyl/N-ethyl adjacent to an activating group) is 1. The van der Waals surface area contributed by atoms with Gasteiger partial charge in [-0.3, -0.25) is 4.79 Å². The lowest BCUT2D eigenvalue weighted by atomic mass is 10.00. The molecule has 1 unspecified atom stereocenters. The summed E-state index contributed by atoms with van der Waals surface area (Å²) in [6, 6.07) is 0. The summed E-state index contributed by atoms with van der Waals surface area (Å²) >= 11 is 0. The largest absolute Gasteiger partial charge is 0.465 e. The van der Waals surface area contributed by atoms with Gasteiger partial charge in [0.2, 0.25) is 0 Å². The predicted molar refractivity (Wildman–Crippen MR) is 147 cm³/mol. The summed E-state index contributed by atoms with van der Waals surface area (Å²) in [4.78, 5) is 17.1. The SMILES string of the molecule is CCCCC(CC)C(=O)OCCCCCCCCN(CCCCCCCCOC)CCN(C)C. The molecule has 34 heavy (non-hydrogen) atoms. The molecular formula is C29H60N2O3. The topological polar surface area (TPSA) is 42.0 Å². The minimum atomic E-state index is 0.0276. The number of nitrogens with zero attached hydrogens (tertiary/aromatic N) is 2. The van der Waals surface area contributed by atoms with E-state index in [1.165, 1.54) is 90.3 Å². The number of hydrogen-bond donors (Lipinski definition) is 0. The summed E-state index contributed by atoms with van der Waals surface area (Å²) in [7, 11) is 6.13. The molecule has 0 spiro atoms. The smallest absolute Gasteiger partial charge is 0.308 e. The van der Waals surface area contributed by atoms with Crippen molar-refractivity contribution in [3.63, 3.8) is 0 Å². The zero-order valence-corrected chi connectivity index (χ0v) is 23.8. The third kappa shape index (κ3) is 21.9. The summed E-state index contributed by atoms with van der Waals surface area (Å²) in [6.45, 7) is 10.6. The fourth-order valence-electron chi connectivity index (χ4n) is 4.34. The van der Waals surface area contributed by atoms with Gasteiger partial charge in [-0.1, -0.05) is 78.1 Å². The van der Waals surface area contributed by atoms with Gasteiger partial charge in [-0.2, -0.15) is 0 Å².